The molecule has 0 radical (unpaired) electrons. The Balaban J connectivity index is 1.62. The van der Waals surface area contributed by atoms with Gasteiger partial charge in [-0.3, -0.25) is 4.79 Å². The molecule has 4 nitrogen and oxygen atoms in total. The summed E-state index contributed by atoms with van der Waals surface area (Å²) in [6.45, 7) is 3.54. The summed E-state index contributed by atoms with van der Waals surface area (Å²) in [6.07, 6.45) is 0. The summed E-state index contributed by atoms with van der Waals surface area (Å²) in [7, 11) is 0. The van der Waals surface area contributed by atoms with Gasteiger partial charge in [-0.25, -0.2) is 0 Å². The zero-order valence-electron chi connectivity index (χ0n) is 12.9. The lowest BCUT2D eigenvalue weighted by molar-refractivity contribution is 0.0747. The fraction of sp³-hybridized carbons (Fsp3) is 0.278. The van der Waals surface area contributed by atoms with E-state index in [1.807, 2.05) is 47.4 Å². The summed E-state index contributed by atoms with van der Waals surface area (Å²) in [4.78, 5) is 16.7. The van der Waals surface area contributed by atoms with E-state index in [0.29, 0.717) is 19.6 Å². The second-order valence-electron chi connectivity index (χ2n) is 5.66. The van der Waals surface area contributed by atoms with Crippen LogP contribution in [-0.4, -0.2) is 37.0 Å². The first-order valence-corrected chi connectivity index (χ1v) is 8.14. The minimum Gasteiger partial charge on any atom is -0.368 e. The van der Waals surface area contributed by atoms with E-state index < -0.39 is 0 Å². The quantitative estimate of drug-likeness (QED) is 0.942. The predicted octanol–water partition coefficient (Wildman–Crippen LogP) is 2.76. The third-order valence-corrected chi connectivity index (χ3v) is 4.41. The van der Waals surface area contributed by atoms with Crippen molar-refractivity contribution < 1.29 is 4.79 Å². The highest BCUT2D eigenvalue weighted by atomic mass is 35.5. The van der Waals surface area contributed by atoms with Crippen molar-refractivity contribution in [2.75, 3.05) is 31.1 Å². The molecule has 0 unspecified atom stereocenters. The van der Waals surface area contributed by atoms with Gasteiger partial charge in [0.2, 0.25) is 0 Å². The third-order valence-electron chi connectivity index (χ3n) is 4.18. The summed E-state index contributed by atoms with van der Waals surface area (Å²) in [6, 6.07) is 15.4. The topological polar surface area (TPSA) is 49.6 Å². The number of carbonyl (C=O) groups excluding carboxylic acids is 1. The van der Waals surface area contributed by atoms with Crippen molar-refractivity contribution in [1.82, 2.24) is 4.90 Å². The molecule has 1 amide bonds. The molecule has 2 aromatic rings. The number of hydrogen-bond acceptors (Lipinski definition) is 3. The first-order valence-electron chi connectivity index (χ1n) is 7.76. The van der Waals surface area contributed by atoms with Crippen molar-refractivity contribution in [2.45, 2.75) is 6.54 Å². The van der Waals surface area contributed by atoms with E-state index in [2.05, 4.69) is 11.0 Å². The Labute approximate surface area is 141 Å². The molecular weight excluding hydrogens is 310 g/mol. The normalized spacial score (nSPS) is 14.9. The molecule has 1 aliphatic heterocycles. The van der Waals surface area contributed by atoms with Crippen LogP contribution in [0.25, 0.3) is 0 Å². The molecular formula is C18H20ClN3O. The summed E-state index contributed by atoms with van der Waals surface area (Å²) in [5, 5.41) is 0.737. The van der Waals surface area contributed by atoms with Gasteiger partial charge in [-0.2, -0.15) is 0 Å². The summed E-state index contributed by atoms with van der Waals surface area (Å²) < 4.78 is 0. The maximum Gasteiger partial charge on any atom is 0.253 e. The van der Waals surface area contributed by atoms with Gasteiger partial charge in [0.05, 0.1) is 0 Å². The Morgan fingerprint density at radius 3 is 2.35 bits per heavy atom. The predicted molar refractivity (Wildman–Crippen MR) is 93.9 cm³/mol. The van der Waals surface area contributed by atoms with Crippen LogP contribution in [0.2, 0.25) is 5.02 Å². The highest BCUT2D eigenvalue weighted by molar-refractivity contribution is 6.30. The lowest BCUT2D eigenvalue weighted by Gasteiger charge is -2.36. The van der Waals surface area contributed by atoms with Gasteiger partial charge >= 0.3 is 0 Å². The van der Waals surface area contributed by atoms with Crippen LogP contribution in [0, 0.1) is 0 Å². The van der Waals surface area contributed by atoms with Gasteiger partial charge in [-0.1, -0.05) is 29.8 Å². The molecule has 120 valence electrons. The van der Waals surface area contributed by atoms with Crippen molar-refractivity contribution in [3.05, 3.63) is 64.7 Å². The molecule has 2 N–H and O–H groups in total. The summed E-state index contributed by atoms with van der Waals surface area (Å²) in [5.74, 6) is 0.0827. The monoisotopic (exact) mass is 329 g/mol. The number of halogens is 1. The Morgan fingerprint density at radius 1 is 1.04 bits per heavy atom. The Kier molecular flexibility index (Phi) is 4.84. The number of carbonyl (C=O) groups is 1. The molecule has 3 rings (SSSR count). The lowest BCUT2D eigenvalue weighted by Crippen LogP contribution is -2.48. The molecule has 0 bridgehead atoms. The molecule has 1 heterocycles. The average molecular weight is 330 g/mol. The van der Waals surface area contributed by atoms with Crippen LogP contribution < -0.4 is 10.6 Å². The standard InChI is InChI=1S/C18H20ClN3O/c19-16-2-1-3-17(12-16)21-8-10-22(11-9-21)18(23)15-6-4-14(13-20)5-7-15/h1-7,12H,8-11,13,20H2. The largest absolute Gasteiger partial charge is 0.368 e. The Morgan fingerprint density at radius 2 is 1.74 bits per heavy atom. The van der Waals surface area contributed by atoms with Crippen LogP contribution in [0.3, 0.4) is 0 Å². The number of nitrogens with zero attached hydrogens (tertiary/aromatic N) is 2. The molecule has 23 heavy (non-hydrogen) atoms. The third kappa shape index (κ3) is 3.66. The van der Waals surface area contributed by atoms with Crippen LogP contribution in [0.1, 0.15) is 15.9 Å². The number of nitrogens with two attached hydrogens (primary N) is 1. The van der Waals surface area contributed by atoms with E-state index in [4.69, 9.17) is 17.3 Å². The number of amides is 1. The number of benzene rings is 2. The fourth-order valence-electron chi connectivity index (χ4n) is 2.81. The molecule has 1 fully saturated rings. The molecule has 0 saturated carbocycles. The van der Waals surface area contributed by atoms with Crippen molar-refractivity contribution >= 4 is 23.2 Å². The van der Waals surface area contributed by atoms with E-state index in [-0.39, 0.29) is 5.91 Å². The number of hydrogen-bond donors (Lipinski definition) is 1. The molecule has 0 spiro atoms. The zero-order chi connectivity index (χ0) is 16.2. The van der Waals surface area contributed by atoms with Gasteiger partial charge in [0.1, 0.15) is 0 Å². The maximum atomic E-state index is 12.6. The van der Waals surface area contributed by atoms with Gasteiger partial charge in [0.15, 0.2) is 0 Å². The van der Waals surface area contributed by atoms with E-state index in [0.717, 1.165) is 34.9 Å². The molecule has 1 saturated heterocycles. The van der Waals surface area contributed by atoms with Crippen molar-refractivity contribution in [3.8, 4) is 0 Å². The number of rotatable bonds is 3. The van der Waals surface area contributed by atoms with Crippen LogP contribution in [0.5, 0.6) is 0 Å². The van der Waals surface area contributed by atoms with Gasteiger partial charge < -0.3 is 15.5 Å². The smallest absolute Gasteiger partial charge is 0.253 e. The summed E-state index contributed by atoms with van der Waals surface area (Å²) in [5.41, 5.74) is 8.45. The van der Waals surface area contributed by atoms with Gasteiger partial charge in [0, 0.05) is 49.0 Å². The highest BCUT2D eigenvalue weighted by Crippen LogP contribution is 2.21. The number of piperazine rings is 1. The van der Waals surface area contributed by atoms with Gasteiger partial charge in [0.25, 0.3) is 5.91 Å². The van der Waals surface area contributed by atoms with Gasteiger partial charge in [-0.15, -0.1) is 0 Å². The molecule has 5 heteroatoms. The van der Waals surface area contributed by atoms with Crippen LogP contribution in [0.15, 0.2) is 48.5 Å². The first-order chi connectivity index (χ1) is 11.2. The van der Waals surface area contributed by atoms with Crippen molar-refractivity contribution in [1.29, 1.82) is 0 Å². The minimum absolute atomic E-state index is 0.0827. The van der Waals surface area contributed by atoms with Crippen molar-refractivity contribution in [2.24, 2.45) is 5.73 Å². The second-order valence-corrected chi connectivity index (χ2v) is 6.10. The first kappa shape index (κ1) is 15.8. The van der Waals surface area contributed by atoms with Crippen LogP contribution in [0.4, 0.5) is 5.69 Å². The molecule has 0 aliphatic carbocycles. The molecule has 1 aliphatic rings. The second kappa shape index (κ2) is 7.02. The fourth-order valence-corrected chi connectivity index (χ4v) is 2.99. The summed E-state index contributed by atoms with van der Waals surface area (Å²) >= 11 is 6.05. The Bertz CT molecular complexity index is 679. The average Bonchev–Trinajstić information content (AvgIpc) is 2.61. The SMILES string of the molecule is NCc1ccc(C(=O)N2CCN(c3cccc(Cl)c3)CC2)cc1. The zero-order valence-corrected chi connectivity index (χ0v) is 13.7. The van der Waals surface area contributed by atoms with E-state index in [9.17, 15) is 4.79 Å². The van der Waals surface area contributed by atoms with Crippen molar-refractivity contribution in [3.63, 3.8) is 0 Å². The van der Waals surface area contributed by atoms with Crippen LogP contribution >= 0.6 is 11.6 Å². The number of anilines is 1. The van der Waals surface area contributed by atoms with E-state index in [1.54, 1.807) is 0 Å². The molecule has 0 atom stereocenters. The highest BCUT2D eigenvalue weighted by Gasteiger charge is 2.22. The maximum absolute atomic E-state index is 12.6. The molecule has 0 aromatic heterocycles. The van der Waals surface area contributed by atoms with E-state index in [1.165, 1.54) is 0 Å². The van der Waals surface area contributed by atoms with E-state index >= 15 is 0 Å². The lowest BCUT2D eigenvalue weighted by atomic mass is 10.1. The minimum atomic E-state index is 0.0827. The molecule has 2 aromatic carbocycles. The Hall–Kier alpha value is -2.04. The van der Waals surface area contributed by atoms with Gasteiger partial charge in [-0.05, 0) is 35.9 Å². The van der Waals surface area contributed by atoms with Crippen LogP contribution in [-0.2, 0) is 6.54 Å².